The molecule has 1 spiro atoms. The second-order valence-corrected chi connectivity index (χ2v) is 7.79. The van der Waals surface area contributed by atoms with Gasteiger partial charge in [-0.15, -0.1) is 10.2 Å². The summed E-state index contributed by atoms with van der Waals surface area (Å²) >= 11 is 0. The molecule has 2 saturated heterocycles. The number of ether oxygens (including phenoxy) is 1. The molecule has 8 heteroatoms. The van der Waals surface area contributed by atoms with Crippen molar-refractivity contribution in [3.63, 3.8) is 0 Å². The van der Waals surface area contributed by atoms with Crippen molar-refractivity contribution in [2.75, 3.05) is 13.1 Å². The van der Waals surface area contributed by atoms with Crippen LogP contribution in [0.15, 0.2) is 0 Å². The van der Waals surface area contributed by atoms with E-state index in [1.165, 1.54) is 0 Å². The zero-order valence-corrected chi connectivity index (χ0v) is 15.2. The van der Waals surface area contributed by atoms with E-state index in [9.17, 15) is 14.7 Å². The molecule has 0 bridgehead atoms. The average molecular weight is 362 g/mol. The molecule has 3 aliphatic rings. The summed E-state index contributed by atoms with van der Waals surface area (Å²) in [6, 6.07) is 0. The Balaban J connectivity index is 1.42. The molecule has 1 aromatic rings. The maximum Gasteiger partial charge on any atom is 0.307 e. The first kappa shape index (κ1) is 17.5. The van der Waals surface area contributed by atoms with Gasteiger partial charge in [0.25, 0.3) is 0 Å². The lowest BCUT2D eigenvalue weighted by Gasteiger charge is -2.36. The first-order valence-electron chi connectivity index (χ1n) is 9.54. The molecule has 8 nitrogen and oxygen atoms in total. The number of carbonyl (C=O) groups excluding carboxylic acids is 2. The molecule has 0 radical (unpaired) electrons. The topological polar surface area (TPSA) is 97.5 Å². The first-order chi connectivity index (χ1) is 12.5. The van der Waals surface area contributed by atoms with Crippen molar-refractivity contribution in [3.8, 4) is 0 Å². The second-order valence-electron chi connectivity index (χ2n) is 7.79. The summed E-state index contributed by atoms with van der Waals surface area (Å²) in [7, 11) is 1.86. The molecule has 3 fully saturated rings. The molecule has 1 amide bonds. The molecule has 142 valence electrons. The molecule has 26 heavy (non-hydrogen) atoms. The van der Waals surface area contributed by atoms with E-state index in [2.05, 4.69) is 10.2 Å². The fourth-order valence-electron chi connectivity index (χ4n) is 4.88. The third-order valence-corrected chi connectivity index (χ3v) is 6.38. The number of carbonyl (C=O) groups is 2. The molecule has 4 rings (SSSR count). The average Bonchev–Trinajstić information content (AvgIpc) is 3.34. The number of esters is 1. The number of amides is 1. The van der Waals surface area contributed by atoms with Crippen molar-refractivity contribution in [1.82, 2.24) is 19.7 Å². The Bertz CT molecular complexity index is 702. The van der Waals surface area contributed by atoms with Gasteiger partial charge in [0.15, 0.2) is 5.82 Å². The van der Waals surface area contributed by atoms with Gasteiger partial charge in [-0.3, -0.25) is 9.59 Å². The predicted octanol–water partition coefficient (Wildman–Crippen LogP) is 0.889. The molecule has 0 unspecified atom stereocenters. The van der Waals surface area contributed by atoms with Gasteiger partial charge in [-0.1, -0.05) is 0 Å². The summed E-state index contributed by atoms with van der Waals surface area (Å²) in [6.45, 7) is 1.19. The van der Waals surface area contributed by atoms with E-state index in [1.807, 2.05) is 16.5 Å². The van der Waals surface area contributed by atoms with Gasteiger partial charge in [-0.25, -0.2) is 0 Å². The summed E-state index contributed by atoms with van der Waals surface area (Å²) in [5.74, 6) is 1.20. The van der Waals surface area contributed by atoms with Crippen LogP contribution in [0.1, 0.15) is 62.5 Å². The van der Waals surface area contributed by atoms with Crippen LogP contribution in [-0.4, -0.2) is 55.3 Å². The SMILES string of the molecule is Cn1c(CO)nnc1C1CCN(C(=O)[C@@H]2CC(=O)OC23CCCC3)CC1. The van der Waals surface area contributed by atoms with Crippen LogP contribution in [0.5, 0.6) is 0 Å². The smallest absolute Gasteiger partial charge is 0.307 e. The van der Waals surface area contributed by atoms with Crippen molar-refractivity contribution in [3.05, 3.63) is 11.6 Å². The molecule has 1 aliphatic carbocycles. The summed E-state index contributed by atoms with van der Waals surface area (Å²) < 4.78 is 7.47. The lowest BCUT2D eigenvalue weighted by Crippen LogP contribution is -2.47. The molecular formula is C18H26N4O4. The monoisotopic (exact) mass is 362 g/mol. The number of aromatic nitrogens is 3. The van der Waals surface area contributed by atoms with Crippen LogP contribution < -0.4 is 0 Å². The van der Waals surface area contributed by atoms with Crippen LogP contribution in [0.3, 0.4) is 0 Å². The second kappa shape index (κ2) is 6.64. The van der Waals surface area contributed by atoms with Crippen LogP contribution in [0.2, 0.25) is 0 Å². The Morgan fingerprint density at radius 3 is 2.58 bits per heavy atom. The molecule has 3 heterocycles. The summed E-state index contributed by atoms with van der Waals surface area (Å²) in [5.41, 5.74) is -0.537. The minimum atomic E-state index is -0.537. The standard InChI is InChI=1S/C18H26N4O4/c1-21-14(11-23)19-20-16(21)12-4-8-22(9-5-12)17(25)13-10-15(24)26-18(13)6-2-3-7-18/h12-13,23H,2-11H2,1H3/t13-/m0/s1. The van der Waals surface area contributed by atoms with E-state index < -0.39 is 5.60 Å². The van der Waals surface area contributed by atoms with Crippen LogP contribution in [0, 0.1) is 5.92 Å². The Labute approximate surface area is 152 Å². The van der Waals surface area contributed by atoms with Gasteiger partial charge in [0.1, 0.15) is 18.0 Å². The minimum absolute atomic E-state index is 0.0743. The highest BCUT2D eigenvalue weighted by Crippen LogP contribution is 2.46. The minimum Gasteiger partial charge on any atom is -0.458 e. The zero-order chi connectivity index (χ0) is 18.3. The lowest BCUT2D eigenvalue weighted by molar-refractivity contribution is -0.152. The van der Waals surface area contributed by atoms with E-state index in [-0.39, 0.29) is 36.7 Å². The maximum atomic E-state index is 13.1. The lowest BCUT2D eigenvalue weighted by atomic mass is 9.84. The molecule has 1 saturated carbocycles. The van der Waals surface area contributed by atoms with Crippen molar-refractivity contribution in [2.45, 2.75) is 63.1 Å². The number of likely N-dealkylation sites (tertiary alicyclic amines) is 1. The molecule has 2 aliphatic heterocycles. The highest BCUT2D eigenvalue weighted by atomic mass is 16.6. The quantitative estimate of drug-likeness (QED) is 0.802. The van der Waals surface area contributed by atoms with Crippen LogP contribution >= 0.6 is 0 Å². The Morgan fingerprint density at radius 1 is 1.27 bits per heavy atom. The van der Waals surface area contributed by atoms with E-state index in [1.54, 1.807) is 0 Å². The number of rotatable bonds is 3. The predicted molar refractivity (Wildman–Crippen MR) is 90.9 cm³/mol. The van der Waals surface area contributed by atoms with Crippen LogP contribution in [0.25, 0.3) is 0 Å². The molecule has 1 aromatic heterocycles. The van der Waals surface area contributed by atoms with E-state index >= 15 is 0 Å². The van der Waals surface area contributed by atoms with Crippen molar-refractivity contribution < 1.29 is 19.4 Å². The van der Waals surface area contributed by atoms with Crippen LogP contribution in [-0.2, 0) is 28.0 Å². The zero-order valence-electron chi connectivity index (χ0n) is 15.2. The van der Waals surface area contributed by atoms with Gasteiger partial charge >= 0.3 is 5.97 Å². The molecule has 1 atom stereocenters. The van der Waals surface area contributed by atoms with Gasteiger partial charge in [-0.2, -0.15) is 0 Å². The van der Waals surface area contributed by atoms with E-state index in [0.717, 1.165) is 44.3 Å². The van der Waals surface area contributed by atoms with Crippen molar-refractivity contribution >= 4 is 11.9 Å². The number of nitrogens with zero attached hydrogens (tertiary/aromatic N) is 4. The summed E-state index contributed by atoms with van der Waals surface area (Å²) in [5, 5.41) is 17.5. The van der Waals surface area contributed by atoms with E-state index in [0.29, 0.717) is 18.9 Å². The van der Waals surface area contributed by atoms with Gasteiger partial charge in [0.05, 0.1) is 12.3 Å². The van der Waals surface area contributed by atoms with Gasteiger partial charge in [-0.05, 0) is 38.5 Å². The summed E-state index contributed by atoms with van der Waals surface area (Å²) in [4.78, 5) is 26.9. The van der Waals surface area contributed by atoms with Crippen molar-refractivity contribution in [2.24, 2.45) is 13.0 Å². The van der Waals surface area contributed by atoms with Crippen molar-refractivity contribution in [1.29, 1.82) is 0 Å². The largest absolute Gasteiger partial charge is 0.458 e. The normalized spacial score (nSPS) is 25.8. The van der Waals surface area contributed by atoms with E-state index in [4.69, 9.17) is 4.74 Å². The third-order valence-electron chi connectivity index (χ3n) is 6.38. The maximum absolute atomic E-state index is 13.1. The Hall–Kier alpha value is -1.96. The Morgan fingerprint density at radius 2 is 1.96 bits per heavy atom. The number of piperidine rings is 1. The number of aliphatic hydroxyl groups excluding tert-OH is 1. The third kappa shape index (κ3) is 2.80. The fraction of sp³-hybridized carbons (Fsp3) is 0.778. The Kier molecular flexibility index (Phi) is 4.46. The van der Waals surface area contributed by atoms with Crippen LogP contribution in [0.4, 0.5) is 0 Å². The fourth-order valence-corrected chi connectivity index (χ4v) is 4.88. The number of aliphatic hydroxyl groups is 1. The van der Waals surface area contributed by atoms with Gasteiger partial charge < -0.3 is 19.3 Å². The highest BCUT2D eigenvalue weighted by molar-refractivity contribution is 5.88. The molecule has 1 N–H and O–H groups in total. The summed E-state index contributed by atoms with van der Waals surface area (Å²) in [6.07, 6.45) is 5.54. The van der Waals surface area contributed by atoms with Gasteiger partial charge in [0.2, 0.25) is 5.91 Å². The number of hydrogen-bond acceptors (Lipinski definition) is 6. The molecular weight excluding hydrogens is 336 g/mol. The highest BCUT2D eigenvalue weighted by Gasteiger charge is 2.55. The van der Waals surface area contributed by atoms with Gasteiger partial charge in [0, 0.05) is 26.1 Å². The first-order valence-corrected chi connectivity index (χ1v) is 9.54. The number of hydrogen-bond donors (Lipinski definition) is 1. The molecule has 0 aromatic carbocycles.